The molecule has 57 heavy (non-hydrogen) atoms. The third-order valence-corrected chi connectivity index (χ3v) is 13.6. The van der Waals surface area contributed by atoms with Crippen LogP contribution >= 0.6 is 21.6 Å². The first-order valence-electron chi connectivity index (χ1n) is 21.4. The van der Waals surface area contributed by atoms with Gasteiger partial charge < -0.3 is 18.8 Å². The van der Waals surface area contributed by atoms with Gasteiger partial charge in [-0.25, -0.2) is 0 Å². The molecular weight excluding hydrogens is 737 g/mol. The van der Waals surface area contributed by atoms with E-state index in [0.717, 1.165) is 41.7 Å². The first-order valence-corrected chi connectivity index (χ1v) is 23.9. The van der Waals surface area contributed by atoms with E-state index in [1.807, 2.05) is 0 Å². The van der Waals surface area contributed by atoms with Gasteiger partial charge >= 0.3 is 0 Å². The second kappa shape index (κ2) is 24.4. The molecule has 4 rings (SSSR count). The second-order valence-corrected chi connectivity index (χ2v) is 19.2. The zero-order chi connectivity index (χ0) is 40.9. The Morgan fingerprint density at radius 2 is 0.965 bits per heavy atom. The lowest BCUT2D eigenvalue weighted by atomic mass is 10.1. The molecule has 4 aromatic rings. The van der Waals surface area contributed by atoms with Crippen LogP contribution < -0.4 is 18.9 Å². The van der Waals surface area contributed by atoms with Gasteiger partial charge in [0.1, 0.15) is 13.1 Å². The van der Waals surface area contributed by atoms with Crippen molar-refractivity contribution in [3.63, 3.8) is 0 Å². The molecule has 0 radical (unpaired) electrons. The highest BCUT2D eigenvalue weighted by molar-refractivity contribution is 8.76. The molecular formula is C49H74N6S2+4. The van der Waals surface area contributed by atoms with Crippen LogP contribution in [0, 0.1) is 0 Å². The molecule has 8 heteroatoms. The van der Waals surface area contributed by atoms with Gasteiger partial charge in [0.25, 0.3) is 0 Å². The van der Waals surface area contributed by atoms with Crippen LogP contribution in [0.2, 0.25) is 0 Å². The minimum absolute atomic E-state index is 0.975. The molecule has 2 aromatic heterocycles. The number of aromatic nitrogens is 2. The second-order valence-electron chi connectivity index (χ2n) is 16.5. The summed E-state index contributed by atoms with van der Waals surface area (Å²) >= 11 is 0. The lowest BCUT2D eigenvalue weighted by molar-refractivity contribution is -0.890. The van der Waals surface area contributed by atoms with E-state index in [1.54, 1.807) is 0 Å². The molecule has 0 bridgehead atoms. The van der Waals surface area contributed by atoms with Crippen LogP contribution in [0.5, 0.6) is 0 Å². The minimum Gasteiger partial charge on any atom is -0.374 e. The van der Waals surface area contributed by atoms with Crippen LogP contribution in [0.4, 0.5) is 11.4 Å². The van der Waals surface area contributed by atoms with E-state index in [2.05, 4.69) is 218 Å². The first-order chi connectivity index (χ1) is 27.5. The number of benzene rings is 2. The molecule has 0 amide bonds. The van der Waals surface area contributed by atoms with Crippen molar-refractivity contribution in [3.8, 4) is 0 Å². The van der Waals surface area contributed by atoms with Gasteiger partial charge in [0, 0.05) is 112 Å². The van der Waals surface area contributed by atoms with Crippen LogP contribution in [0.25, 0.3) is 24.3 Å². The van der Waals surface area contributed by atoms with Crippen molar-refractivity contribution < 1.29 is 18.1 Å². The van der Waals surface area contributed by atoms with E-state index in [4.69, 9.17) is 0 Å². The lowest BCUT2D eigenvalue weighted by Gasteiger charge is -2.31. The number of nitrogens with zero attached hydrogens (tertiary/aromatic N) is 6. The molecule has 308 valence electrons. The van der Waals surface area contributed by atoms with Crippen LogP contribution in [0.3, 0.4) is 0 Å². The average Bonchev–Trinajstić information content (AvgIpc) is 3.22. The third kappa shape index (κ3) is 16.7. The predicted octanol–water partition coefficient (Wildman–Crippen LogP) is 9.70. The molecule has 2 aromatic carbocycles. The molecule has 6 nitrogen and oxygen atoms in total. The quantitative estimate of drug-likeness (QED) is 0.0272. The van der Waals surface area contributed by atoms with Gasteiger partial charge in [-0.2, -0.15) is 9.13 Å². The summed E-state index contributed by atoms with van der Waals surface area (Å²) in [6.45, 7) is 16.7. The highest BCUT2D eigenvalue weighted by atomic mass is 33.1. The SMILES string of the molecule is CCN(CCC[N+](C)(C)CCCSSCCC[N+](C)(C)CCCN(C)c1ccc(C=Cc2cccc[n+]2CC)cc1)c1ccc(C=Cc2cccc[n+]2CC)cc1. The van der Waals surface area contributed by atoms with Crippen LogP contribution in [-0.4, -0.2) is 102 Å². The van der Waals surface area contributed by atoms with Crippen LogP contribution in [0.1, 0.15) is 69.0 Å². The molecule has 2 heterocycles. The van der Waals surface area contributed by atoms with E-state index in [9.17, 15) is 0 Å². The molecule has 0 saturated heterocycles. The van der Waals surface area contributed by atoms with Crippen LogP contribution in [-0.2, 0) is 13.1 Å². The Hall–Kier alpha value is -3.56. The van der Waals surface area contributed by atoms with E-state index >= 15 is 0 Å². The number of rotatable bonds is 26. The molecule has 0 unspecified atom stereocenters. The fraction of sp³-hybridized carbons (Fsp3) is 0.469. The Kier molecular flexibility index (Phi) is 19.7. The van der Waals surface area contributed by atoms with Gasteiger partial charge in [-0.1, -0.05) is 45.9 Å². The maximum Gasteiger partial charge on any atom is 0.205 e. The molecule has 0 aliphatic rings. The standard InChI is InChI=1S/C49H74N6S2/c1-9-51-35-14-12-20-47(51)30-24-44-22-28-46(29-23-44)50(4)34-16-38-54(5,6)40-18-42-56-57-43-19-41-55(7,8)39-17-37-53(11-3)49-32-26-45(27-33-49)25-31-48-21-13-15-36-52(48)10-2/h12-15,20-33,35-36H,9-11,16-19,34,37-43H2,1-8H3/q+4. The monoisotopic (exact) mass is 811 g/mol. The molecule has 0 fully saturated rings. The lowest BCUT2D eigenvalue weighted by Crippen LogP contribution is -2.42. The molecule has 0 N–H and O–H groups in total. The Morgan fingerprint density at radius 1 is 0.526 bits per heavy atom. The van der Waals surface area contributed by atoms with Crippen LogP contribution in [0.15, 0.2) is 97.3 Å². The first kappa shape index (κ1) is 46.1. The zero-order valence-electron chi connectivity index (χ0n) is 36.7. The van der Waals surface area contributed by atoms with Crippen molar-refractivity contribution in [2.24, 2.45) is 0 Å². The summed E-state index contributed by atoms with van der Waals surface area (Å²) in [6.07, 6.45) is 18.1. The van der Waals surface area contributed by atoms with Crippen molar-refractivity contribution >= 4 is 57.3 Å². The van der Waals surface area contributed by atoms with Crippen molar-refractivity contribution in [1.82, 2.24) is 0 Å². The molecule has 0 spiro atoms. The molecule has 0 aliphatic heterocycles. The number of aryl methyl sites for hydroxylation is 2. The summed E-state index contributed by atoms with van der Waals surface area (Å²) in [4.78, 5) is 4.92. The van der Waals surface area contributed by atoms with Gasteiger partial charge in [-0.15, -0.1) is 0 Å². The summed E-state index contributed by atoms with van der Waals surface area (Å²) in [5.74, 6) is 2.48. The van der Waals surface area contributed by atoms with Crippen molar-refractivity contribution in [1.29, 1.82) is 0 Å². The predicted molar refractivity (Wildman–Crippen MR) is 254 cm³/mol. The van der Waals surface area contributed by atoms with Crippen molar-refractivity contribution in [3.05, 3.63) is 120 Å². The summed E-state index contributed by atoms with van der Waals surface area (Å²) in [7, 11) is 16.0. The highest BCUT2D eigenvalue weighted by Gasteiger charge is 2.17. The summed E-state index contributed by atoms with van der Waals surface area (Å²) in [5, 5.41) is 0. The van der Waals surface area contributed by atoms with Gasteiger partial charge in [0.2, 0.25) is 11.4 Å². The Labute approximate surface area is 355 Å². The Balaban J connectivity index is 1.04. The molecule has 0 atom stereocenters. The number of quaternary nitrogens is 2. The topological polar surface area (TPSA) is 14.2 Å². The average molecular weight is 811 g/mol. The Bertz CT molecular complexity index is 1780. The highest BCUT2D eigenvalue weighted by Crippen LogP contribution is 2.24. The zero-order valence-corrected chi connectivity index (χ0v) is 38.3. The van der Waals surface area contributed by atoms with Gasteiger partial charge in [0.15, 0.2) is 12.4 Å². The van der Waals surface area contributed by atoms with E-state index in [0.29, 0.717) is 0 Å². The van der Waals surface area contributed by atoms with Crippen molar-refractivity contribution in [2.75, 3.05) is 102 Å². The number of hydrogen-bond acceptors (Lipinski definition) is 4. The maximum absolute atomic E-state index is 2.52. The molecule has 0 saturated carbocycles. The maximum atomic E-state index is 2.52. The van der Waals surface area contributed by atoms with Gasteiger partial charge in [-0.05, 0) is 80.4 Å². The smallest absolute Gasteiger partial charge is 0.205 e. The summed E-state index contributed by atoms with van der Waals surface area (Å²) in [5.41, 5.74) is 7.54. The Morgan fingerprint density at radius 3 is 1.42 bits per heavy atom. The van der Waals surface area contributed by atoms with E-state index in [1.165, 1.54) is 97.3 Å². The normalized spacial score (nSPS) is 12.2. The van der Waals surface area contributed by atoms with E-state index in [-0.39, 0.29) is 0 Å². The van der Waals surface area contributed by atoms with E-state index < -0.39 is 0 Å². The fourth-order valence-electron chi connectivity index (χ4n) is 7.33. The largest absolute Gasteiger partial charge is 0.374 e. The molecule has 0 aliphatic carbocycles. The van der Waals surface area contributed by atoms with Gasteiger partial charge in [0.05, 0.1) is 54.4 Å². The van der Waals surface area contributed by atoms with Crippen molar-refractivity contribution in [2.45, 2.75) is 59.5 Å². The number of pyridine rings is 2. The number of hydrogen-bond donors (Lipinski definition) is 0. The summed E-state index contributed by atoms with van der Waals surface area (Å²) in [6, 6.07) is 30.7. The summed E-state index contributed by atoms with van der Waals surface area (Å²) < 4.78 is 6.72. The van der Waals surface area contributed by atoms with Gasteiger partial charge in [-0.3, -0.25) is 0 Å². The third-order valence-electron chi connectivity index (χ3n) is 11.0. The minimum atomic E-state index is 0.975. The number of anilines is 2. The fourth-order valence-corrected chi connectivity index (χ4v) is 9.47.